The Morgan fingerprint density at radius 3 is 2.26 bits per heavy atom. The summed E-state index contributed by atoms with van der Waals surface area (Å²) in [4.78, 5) is 16.7. The molecule has 1 aliphatic rings. The summed E-state index contributed by atoms with van der Waals surface area (Å²) in [5.74, 6) is 0.171. The Balaban J connectivity index is 1.68. The second kappa shape index (κ2) is 7.32. The lowest BCUT2D eigenvalue weighted by Crippen LogP contribution is -2.27. The van der Waals surface area contributed by atoms with Crippen LogP contribution >= 0.6 is 0 Å². The van der Waals surface area contributed by atoms with Crippen molar-refractivity contribution in [2.45, 2.75) is 26.3 Å². The molecule has 0 unspecified atom stereocenters. The summed E-state index contributed by atoms with van der Waals surface area (Å²) in [5.41, 5.74) is 3.26. The molecule has 0 N–H and O–H groups in total. The minimum atomic E-state index is 0.171. The second-order valence-electron chi connectivity index (χ2n) is 6.05. The van der Waals surface area contributed by atoms with Crippen LogP contribution in [-0.4, -0.2) is 30.4 Å². The van der Waals surface area contributed by atoms with Crippen LogP contribution in [0.3, 0.4) is 0 Å². The van der Waals surface area contributed by atoms with Crippen molar-refractivity contribution in [3.63, 3.8) is 0 Å². The Morgan fingerprint density at radius 1 is 1.00 bits per heavy atom. The van der Waals surface area contributed by atoms with E-state index < -0.39 is 0 Å². The first-order chi connectivity index (χ1) is 11.3. The smallest absolute Gasteiger partial charge is 0.253 e. The summed E-state index contributed by atoms with van der Waals surface area (Å²) >= 11 is 0. The number of hydrogen-bond donors (Lipinski definition) is 0. The van der Waals surface area contributed by atoms with Gasteiger partial charge in [0.15, 0.2) is 0 Å². The summed E-state index contributed by atoms with van der Waals surface area (Å²) in [7, 11) is 0. The molecule has 0 aromatic heterocycles. The highest BCUT2D eigenvalue weighted by atomic mass is 16.2. The number of carbonyl (C=O) groups is 1. The molecule has 0 bridgehead atoms. The molecule has 2 aromatic rings. The number of hydrogen-bond acceptors (Lipinski definition) is 2. The van der Waals surface area contributed by atoms with Crippen molar-refractivity contribution in [2.24, 2.45) is 0 Å². The molecule has 3 nitrogen and oxygen atoms in total. The number of amides is 1. The zero-order valence-electron chi connectivity index (χ0n) is 13.7. The van der Waals surface area contributed by atoms with Gasteiger partial charge in [0.2, 0.25) is 0 Å². The van der Waals surface area contributed by atoms with E-state index in [2.05, 4.69) is 48.2 Å². The van der Waals surface area contributed by atoms with Crippen LogP contribution in [0.2, 0.25) is 0 Å². The van der Waals surface area contributed by atoms with Gasteiger partial charge in [0.1, 0.15) is 0 Å². The standard InChI is InChI=1S/C20H24N2O/c1-2-21(19-8-4-3-5-9-19)16-17-10-12-18(13-11-17)20(23)22-14-6-7-15-22/h3-5,8-13H,2,6-7,14-16H2,1H3. The Morgan fingerprint density at radius 2 is 1.65 bits per heavy atom. The molecule has 0 atom stereocenters. The summed E-state index contributed by atoms with van der Waals surface area (Å²) in [6.07, 6.45) is 2.26. The number of carbonyl (C=O) groups excluding carboxylic acids is 1. The molecule has 3 heteroatoms. The van der Waals surface area contributed by atoms with Gasteiger partial charge >= 0.3 is 0 Å². The quantitative estimate of drug-likeness (QED) is 0.835. The van der Waals surface area contributed by atoms with Gasteiger partial charge in [-0.25, -0.2) is 0 Å². The van der Waals surface area contributed by atoms with Gasteiger partial charge in [-0.3, -0.25) is 4.79 Å². The van der Waals surface area contributed by atoms with Crippen molar-refractivity contribution in [2.75, 3.05) is 24.5 Å². The highest BCUT2D eigenvalue weighted by Gasteiger charge is 2.19. The van der Waals surface area contributed by atoms with Crippen LogP contribution in [-0.2, 0) is 6.54 Å². The number of anilines is 1. The lowest BCUT2D eigenvalue weighted by atomic mass is 10.1. The second-order valence-corrected chi connectivity index (χ2v) is 6.05. The molecule has 3 rings (SSSR count). The fourth-order valence-electron chi connectivity index (χ4n) is 3.10. The third-order valence-corrected chi connectivity index (χ3v) is 4.47. The molecule has 1 heterocycles. The minimum Gasteiger partial charge on any atom is -0.367 e. The van der Waals surface area contributed by atoms with Crippen molar-refractivity contribution in [1.29, 1.82) is 0 Å². The van der Waals surface area contributed by atoms with E-state index in [1.54, 1.807) is 0 Å². The predicted molar refractivity (Wildman–Crippen MR) is 94.7 cm³/mol. The topological polar surface area (TPSA) is 23.6 Å². The summed E-state index contributed by atoms with van der Waals surface area (Å²) in [6, 6.07) is 18.5. The Labute approximate surface area is 138 Å². The fourth-order valence-corrected chi connectivity index (χ4v) is 3.10. The normalized spacial score (nSPS) is 14.0. The molecule has 0 saturated carbocycles. The highest BCUT2D eigenvalue weighted by Crippen LogP contribution is 2.18. The number of likely N-dealkylation sites (tertiary alicyclic amines) is 1. The van der Waals surface area contributed by atoms with Gasteiger partial charge in [-0.15, -0.1) is 0 Å². The number of para-hydroxylation sites is 1. The largest absolute Gasteiger partial charge is 0.367 e. The first-order valence-electron chi connectivity index (χ1n) is 8.46. The molecule has 1 amide bonds. The van der Waals surface area contributed by atoms with Gasteiger partial charge in [-0.2, -0.15) is 0 Å². The monoisotopic (exact) mass is 308 g/mol. The van der Waals surface area contributed by atoms with E-state index in [-0.39, 0.29) is 5.91 Å². The molecular weight excluding hydrogens is 284 g/mol. The van der Waals surface area contributed by atoms with Crippen LogP contribution in [0.1, 0.15) is 35.7 Å². The van der Waals surface area contributed by atoms with Gasteiger partial charge in [-0.05, 0) is 49.6 Å². The van der Waals surface area contributed by atoms with Gasteiger partial charge in [-0.1, -0.05) is 30.3 Å². The number of nitrogens with zero attached hydrogens (tertiary/aromatic N) is 2. The molecule has 120 valence electrons. The van der Waals surface area contributed by atoms with Gasteiger partial charge in [0.05, 0.1) is 0 Å². The van der Waals surface area contributed by atoms with Gasteiger partial charge in [0.25, 0.3) is 5.91 Å². The van der Waals surface area contributed by atoms with E-state index in [9.17, 15) is 4.79 Å². The first kappa shape index (κ1) is 15.6. The average molecular weight is 308 g/mol. The van der Waals surface area contributed by atoms with Crippen molar-refractivity contribution in [1.82, 2.24) is 4.90 Å². The number of benzene rings is 2. The Hall–Kier alpha value is -2.29. The lowest BCUT2D eigenvalue weighted by molar-refractivity contribution is 0.0793. The van der Waals surface area contributed by atoms with Crippen LogP contribution < -0.4 is 4.90 Å². The van der Waals surface area contributed by atoms with Crippen LogP contribution in [0.5, 0.6) is 0 Å². The summed E-state index contributed by atoms with van der Waals surface area (Å²) in [5, 5.41) is 0. The van der Waals surface area contributed by atoms with Crippen molar-refractivity contribution in [3.05, 3.63) is 65.7 Å². The SMILES string of the molecule is CCN(Cc1ccc(C(=O)N2CCCC2)cc1)c1ccccc1. The Kier molecular flexibility index (Phi) is 4.96. The molecule has 0 radical (unpaired) electrons. The number of rotatable bonds is 5. The van der Waals surface area contributed by atoms with E-state index in [0.717, 1.165) is 44.6 Å². The molecular formula is C20H24N2O. The molecule has 1 saturated heterocycles. The summed E-state index contributed by atoms with van der Waals surface area (Å²) in [6.45, 7) is 5.78. The third kappa shape index (κ3) is 3.73. The molecule has 2 aromatic carbocycles. The van der Waals surface area contributed by atoms with E-state index in [4.69, 9.17) is 0 Å². The average Bonchev–Trinajstić information content (AvgIpc) is 3.15. The van der Waals surface area contributed by atoms with Crippen molar-refractivity contribution in [3.8, 4) is 0 Å². The van der Waals surface area contributed by atoms with Crippen molar-refractivity contribution < 1.29 is 4.79 Å². The molecule has 1 aliphatic heterocycles. The van der Waals surface area contributed by atoms with Crippen LogP contribution in [0.4, 0.5) is 5.69 Å². The van der Waals surface area contributed by atoms with E-state index in [1.165, 1.54) is 11.3 Å². The third-order valence-electron chi connectivity index (χ3n) is 4.47. The maximum atomic E-state index is 12.4. The zero-order valence-corrected chi connectivity index (χ0v) is 13.7. The van der Waals surface area contributed by atoms with Gasteiger partial charge in [0, 0.05) is 37.4 Å². The fraction of sp³-hybridized carbons (Fsp3) is 0.350. The summed E-state index contributed by atoms with van der Waals surface area (Å²) < 4.78 is 0. The van der Waals surface area contributed by atoms with Crippen LogP contribution in [0.25, 0.3) is 0 Å². The van der Waals surface area contributed by atoms with E-state index in [1.807, 2.05) is 23.1 Å². The lowest BCUT2D eigenvalue weighted by Gasteiger charge is -2.23. The van der Waals surface area contributed by atoms with Crippen molar-refractivity contribution >= 4 is 11.6 Å². The molecule has 0 aliphatic carbocycles. The first-order valence-corrected chi connectivity index (χ1v) is 8.46. The van der Waals surface area contributed by atoms with E-state index >= 15 is 0 Å². The van der Waals surface area contributed by atoms with Crippen LogP contribution in [0, 0.1) is 0 Å². The molecule has 0 spiro atoms. The van der Waals surface area contributed by atoms with Crippen LogP contribution in [0.15, 0.2) is 54.6 Å². The van der Waals surface area contributed by atoms with Gasteiger partial charge < -0.3 is 9.80 Å². The zero-order chi connectivity index (χ0) is 16.1. The minimum absolute atomic E-state index is 0.171. The molecule has 23 heavy (non-hydrogen) atoms. The maximum absolute atomic E-state index is 12.4. The highest BCUT2D eigenvalue weighted by molar-refractivity contribution is 5.94. The maximum Gasteiger partial charge on any atom is 0.253 e. The Bertz CT molecular complexity index is 630. The molecule has 1 fully saturated rings. The van der Waals surface area contributed by atoms with E-state index in [0.29, 0.717) is 0 Å². The predicted octanol–water partition coefficient (Wildman–Crippen LogP) is 3.95.